The van der Waals surface area contributed by atoms with Crippen LogP contribution in [0.2, 0.25) is 5.02 Å². The van der Waals surface area contributed by atoms with E-state index in [9.17, 15) is 5.11 Å². The van der Waals surface area contributed by atoms with Crippen LogP contribution in [0, 0.1) is 0 Å². The molecule has 4 nitrogen and oxygen atoms in total. The Bertz CT molecular complexity index is 513. The van der Waals surface area contributed by atoms with Gasteiger partial charge >= 0.3 is 0 Å². The van der Waals surface area contributed by atoms with Crippen molar-refractivity contribution >= 4 is 22.5 Å². The first-order valence-corrected chi connectivity index (χ1v) is 6.23. The van der Waals surface area contributed by atoms with E-state index in [-0.39, 0.29) is 0 Å². The standard InChI is InChI=1S/C13H17ClN2O2/c1-18-8-9(17)6-15-7-12-13(14)10-4-2-3-5-11(10)16-12/h2-5,9,15-17H,6-8H2,1H3. The predicted octanol–water partition coefficient (Wildman–Crippen LogP) is 1.92. The van der Waals surface area contributed by atoms with E-state index in [2.05, 4.69) is 10.3 Å². The number of benzene rings is 1. The zero-order valence-electron chi connectivity index (χ0n) is 10.2. The fraction of sp³-hybridized carbons (Fsp3) is 0.385. The zero-order chi connectivity index (χ0) is 13.0. The molecule has 1 atom stereocenters. The fourth-order valence-corrected chi connectivity index (χ4v) is 2.18. The molecule has 2 aromatic rings. The summed E-state index contributed by atoms with van der Waals surface area (Å²) in [5, 5.41) is 14.4. The molecule has 0 amide bonds. The van der Waals surface area contributed by atoms with Crippen LogP contribution < -0.4 is 5.32 Å². The van der Waals surface area contributed by atoms with Crippen LogP contribution in [-0.2, 0) is 11.3 Å². The van der Waals surface area contributed by atoms with E-state index in [4.69, 9.17) is 16.3 Å². The minimum absolute atomic E-state index is 0.327. The lowest BCUT2D eigenvalue weighted by atomic mass is 10.2. The highest BCUT2D eigenvalue weighted by Crippen LogP contribution is 2.26. The van der Waals surface area contributed by atoms with E-state index in [1.54, 1.807) is 7.11 Å². The van der Waals surface area contributed by atoms with Crippen LogP contribution >= 0.6 is 11.6 Å². The number of aliphatic hydroxyl groups is 1. The van der Waals surface area contributed by atoms with Gasteiger partial charge in [-0.05, 0) is 6.07 Å². The molecule has 0 aliphatic heterocycles. The third-order valence-electron chi connectivity index (χ3n) is 2.75. The van der Waals surface area contributed by atoms with E-state index in [1.165, 1.54) is 0 Å². The maximum Gasteiger partial charge on any atom is 0.0897 e. The second-order valence-electron chi connectivity index (χ2n) is 4.20. The Hall–Kier alpha value is -1.07. The average molecular weight is 269 g/mol. The summed E-state index contributed by atoms with van der Waals surface area (Å²) < 4.78 is 4.85. The minimum Gasteiger partial charge on any atom is -0.389 e. The Kier molecular flexibility index (Phi) is 4.60. The van der Waals surface area contributed by atoms with E-state index in [0.717, 1.165) is 21.6 Å². The number of hydrogen-bond donors (Lipinski definition) is 3. The number of rotatable bonds is 6. The molecule has 0 aliphatic carbocycles. The number of aliphatic hydroxyl groups excluding tert-OH is 1. The van der Waals surface area contributed by atoms with Crippen molar-refractivity contribution in [3.63, 3.8) is 0 Å². The van der Waals surface area contributed by atoms with Crippen LogP contribution in [-0.4, -0.2) is 36.5 Å². The van der Waals surface area contributed by atoms with Gasteiger partial charge < -0.3 is 20.1 Å². The molecule has 5 heteroatoms. The molecule has 0 saturated carbocycles. The number of hydrogen-bond acceptors (Lipinski definition) is 3. The molecule has 0 bridgehead atoms. The lowest BCUT2D eigenvalue weighted by molar-refractivity contribution is 0.0644. The van der Waals surface area contributed by atoms with Crippen molar-refractivity contribution in [2.75, 3.05) is 20.3 Å². The zero-order valence-corrected chi connectivity index (χ0v) is 11.0. The fourth-order valence-electron chi connectivity index (χ4n) is 1.90. The topological polar surface area (TPSA) is 57.3 Å². The Morgan fingerprint density at radius 3 is 2.94 bits per heavy atom. The van der Waals surface area contributed by atoms with Gasteiger partial charge in [0.25, 0.3) is 0 Å². The normalized spacial score (nSPS) is 13.1. The van der Waals surface area contributed by atoms with Gasteiger partial charge in [0.05, 0.1) is 17.7 Å². The average Bonchev–Trinajstić information content (AvgIpc) is 2.68. The summed E-state index contributed by atoms with van der Waals surface area (Å²) in [4.78, 5) is 3.26. The molecular weight excluding hydrogens is 252 g/mol. The maximum atomic E-state index is 9.51. The first-order chi connectivity index (χ1) is 8.72. The second-order valence-corrected chi connectivity index (χ2v) is 4.58. The minimum atomic E-state index is -0.502. The molecule has 2 rings (SSSR count). The van der Waals surface area contributed by atoms with Crippen LogP contribution in [0.25, 0.3) is 10.9 Å². The molecule has 3 N–H and O–H groups in total. The molecule has 0 aliphatic rings. The van der Waals surface area contributed by atoms with Gasteiger partial charge in [0.15, 0.2) is 0 Å². The van der Waals surface area contributed by atoms with Gasteiger partial charge in [0.1, 0.15) is 0 Å². The number of aromatic amines is 1. The quantitative estimate of drug-likeness (QED) is 0.750. The van der Waals surface area contributed by atoms with Gasteiger partial charge in [-0.2, -0.15) is 0 Å². The van der Waals surface area contributed by atoms with Crippen molar-refractivity contribution in [2.45, 2.75) is 12.6 Å². The monoisotopic (exact) mass is 268 g/mol. The van der Waals surface area contributed by atoms with Gasteiger partial charge in [-0.3, -0.25) is 0 Å². The van der Waals surface area contributed by atoms with Crippen LogP contribution in [0.5, 0.6) is 0 Å². The number of aromatic nitrogens is 1. The summed E-state index contributed by atoms with van der Waals surface area (Å²) >= 11 is 6.28. The molecule has 18 heavy (non-hydrogen) atoms. The third kappa shape index (κ3) is 3.03. The number of ether oxygens (including phenoxy) is 1. The van der Waals surface area contributed by atoms with Crippen LogP contribution in [0.3, 0.4) is 0 Å². The third-order valence-corrected chi connectivity index (χ3v) is 3.19. The number of halogens is 1. The largest absolute Gasteiger partial charge is 0.389 e. The highest BCUT2D eigenvalue weighted by atomic mass is 35.5. The van der Waals surface area contributed by atoms with E-state index in [0.29, 0.717) is 19.7 Å². The molecule has 0 saturated heterocycles. The van der Waals surface area contributed by atoms with Crippen LogP contribution in [0.4, 0.5) is 0 Å². The van der Waals surface area contributed by atoms with E-state index >= 15 is 0 Å². The number of para-hydroxylation sites is 1. The van der Waals surface area contributed by atoms with Crippen LogP contribution in [0.1, 0.15) is 5.69 Å². The van der Waals surface area contributed by atoms with Gasteiger partial charge in [-0.1, -0.05) is 29.8 Å². The highest BCUT2D eigenvalue weighted by molar-refractivity contribution is 6.36. The predicted molar refractivity (Wildman–Crippen MR) is 72.9 cm³/mol. The van der Waals surface area contributed by atoms with Crippen molar-refractivity contribution < 1.29 is 9.84 Å². The SMILES string of the molecule is COCC(O)CNCc1[nH]c2ccccc2c1Cl. The Morgan fingerprint density at radius 1 is 1.44 bits per heavy atom. The number of nitrogens with one attached hydrogen (secondary N) is 2. The maximum absolute atomic E-state index is 9.51. The van der Waals surface area contributed by atoms with Gasteiger partial charge in [0.2, 0.25) is 0 Å². The van der Waals surface area contributed by atoms with Gasteiger partial charge in [-0.25, -0.2) is 0 Å². The Labute approximate surface area is 111 Å². The molecule has 1 aromatic carbocycles. The second kappa shape index (κ2) is 6.20. The summed E-state index contributed by atoms with van der Waals surface area (Å²) in [5.74, 6) is 0. The molecule has 0 radical (unpaired) electrons. The number of fused-ring (bicyclic) bond motifs is 1. The van der Waals surface area contributed by atoms with Gasteiger partial charge in [-0.15, -0.1) is 0 Å². The molecule has 0 spiro atoms. The molecular formula is C13H17ClN2O2. The summed E-state index contributed by atoms with van der Waals surface area (Å²) in [6, 6.07) is 7.90. The highest BCUT2D eigenvalue weighted by Gasteiger charge is 2.09. The summed E-state index contributed by atoms with van der Waals surface area (Å²) in [7, 11) is 1.57. The van der Waals surface area contributed by atoms with Gasteiger partial charge in [0, 0.05) is 36.8 Å². The van der Waals surface area contributed by atoms with Crippen LogP contribution in [0.15, 0.2) is 24.3 Å². The lowest BCUT2D eigenvalue weighted by Gasteiger charge is -2.10. The molecule has 98 valence electrons. The molecule has 1 unspecified atom stereocenters. The smallest absolute Gasteiger partial charge is 0.0897 e. The van der Waals surface area contributed by atoms with E-state index < -0.39 is 6.10 Å². The Morgan fingerprint density at radius 2 is 2.22 bits per heavy atom. The first kappa shape index (κ1) is 13.4. The van der Waals surface area contributed by atoms with Crippen molar-refractivity contribution in [1.82, 2.24) is 10.3 Å². The van der Waals surface area contributed by atoms with E-state index in [1.807, 2.05) is 24.3 Å². The number of methoxy groups -OCH3 is 1. The summed E-state index contributed by atoms with van der Waals surface area (Å²) in [6.07, 6.45) is -0.502. The molecule has 1 heterocycles. The van der Waals surface area contributed by atoms with Crippen molar-refractivity contribution in [1.29, 1.82) is 0 Å². The van der Waals surface area contributed by atoms with Crippen molar-refractivity contribution in [2.24, 2.45) is 0 Å². The molecule has 1 aromatic heterocycles. The first-order valence-electron chi connectivity index (χ1n) is 5.85. The summed E-state index contributed by atoms with van der Waals surface area (Å²) in [6.45, 7) is 1.39. The van der Waals surface area contributed by atoms with Crippen molar-refractivity contribution in [3.8, 4) is 0 Å². The molecule has 0 fully saturated rings. The number of H-pyrrole nitrogens is 1. The van der Waals surface area contributed by atoms with Crippen molar-refractivity contribution in [3.05, 3.63) is 35.0 Å². The Balaban J connectivity index is 1.97. The lowest BCUT2D eigenvalue weighted by Crippen LogP contribution is -2.29. The summed E-state index contributed by atoms with van der Waals surface area (Å²) in [5.41, 5.74) is 1.96.